The third-order valence-electron chi connectivity index (χ3n) is 5.58. The number of allylic oxidation sites excluding steroid dienone is 1. The van der Waals surface area contributed by atoms with Crippen LogP contribution in [0.5, 0.6) is 11.5 Å². The maximum Gasteiger partial charge on any atom is 0.333 e. The average molecular weight is 565 g/mol. The maximum absolute atomic E-state index is 12.5. The van der Waals surface area contributed by atoms with Crippen LogP contribution in [-0.2, 0) is 28.6 Å². The van der Waals surface area contributed by atoms with Crippen LogP contribution in [-0.4, -0.2) is 57.2 Å². The highest BCUT2D eigenvalue weighted by molar-refractivity contribution is 6.06. The summed E-state index contributed by atoms with van der Waals surface area (Å²) < 4.78 is 25.8. The normalized spacial score (nSPS) is 10.5. The smallest absolute Gasteiger partial charge is 0.333 e. The van der Waals surface area contributed by atoms with Crippen molar-refractivity contribution in [1.82, 2.24) is 0 Å². The molecule has 41 heavy (non-hydrogen) atoms. The van der Waals surface area contributed by atoms with Crippen molar-refractivity contribution in [3.8, 4) is 11.5 Å². The molecule has 2 aromatic carbocycles. The average Bonchev–Trinajstić information content (AvgIpc) is 2.99. The fraction of sp³-hybridized carbons (Fsp3) is 0.312. The number of carbonyl (C=O) groups is 4. The van der Waals surface area contributed by atoms with Crippen molar-refractivity contribution in [3.05, 3.63) is 90.5 Å². The Kier molecular flexibility index (Phi) is 14.8. The van der Waals surface area contributed by atoms with E-state index in [0.717, 1.165) is 18.1 Å². The minimum atomic E-state index is -0.613. The van der Waals surface area contributed by atoms with Gasteiger partial charge in [-0.1, -0.05) is 31.4 Å². The molecule has 2 rings (SSSR count). The quantitative estimate of drug-likeness (QED) is 0.0738. The van der Waals surface area contributed by atoms with E-state index < -0.39 is 17.9 Å². The second kappa shape index (κ2) is 18.6. The van der Waals surface area contributed by atoms with Crippen LogP contribution in [0.25, 0.3) is 6.08 Å². The summed E-state index contributed by atoms with van der Waals surface area (Å²) in [6, 6.07) is 14.3. The third-order valence-corrected chi connectivity index (χ3v) is 5.58. The summed E-state index contributed by atoms with van der Waals surface area (Å²) in [5.74, 6) is -0.372. The minimum Gasteiger partial charge on any atom is -0.494 e. The Morgan fingerprint density at radius 3 is 1.85 bits per heavy atom. The molecule has 0 amide bonds. The van der Waals surface area contributed by atoms with E-state index in [4.69, 9.17) is 18.9 Å². The SMILES string of the molecule is C=CC(=O)OCCCCOc1ccc(C(=O)/C=C/c2ccc(OCCCCOC(=O)C(=C)CC(=O)OC)cc2)cc1. The van der Waals surface area contributed by atoms with Gasteiger partial charge in [-0.2, -0.15) is 0 Å². The molecule has 0 aromatic heterocycles. The number of unbranched alkanes of at least 4 members (excludes halogenated alkanes) is 2. The van der Waals surface area contributed by atoms with E-state index in [1.54, 1.807) is 30.3 Å². The Bertz CT molecular complexity index is 1190. The summed E-state index contributed by atoms with van der Waals surface area (Å²) in [6.45, 7) is 8.31. The Balaban J connectivity index is 1.64. The highest BCUT2D eigenvalue weighted by Gasteiger charge is 2.13. The highest BCUT2D eigenvalue weighted by Crippen LogP contribution is 2.16. The molecule has 0 heterocycles. The van der Waals surface area contributed by atoms with Crippen LogP contribution in [0.1, 0.15) is 48.0 Å². The number of ether oxygens (including phenoxy) is 5. The maximum atomic E-state index is 12.5. The van der Waals surface area contributed by atoms with Crippen LogP contribution >= 0.6 is 0 Å². The standard InChI is InChI=1S/C32H36O9/c1-4-30(34)40-21-7-5-19-39-28-16-12-26(13-17-28)29(33)18-11-25-9-14-27(15-10-25)38-20-6-8-22-41-32(36)24(2)23-31(35)37-3/h4,9-18H,1-2,5-8,19-23H2,3H3/b18-11+. The summed E-state index contributed by atoms with van der Waals surface area (Å²) in [4.78, 5) is 46.4. The van der Waals surface area contributed by atoms with E-state index in [9.17, 15) is 19.2 Å². The molecule has 0 unspecified atom stereocenters. The van der Waals surface area contributed by atoms with Gasteiger partial charge in [0.1, 0.15) is 11.5 Å². The molecule has 9 nitrogen and oxygen atoms in total. The molecule has 2 aromatic rings. The molecule has 9 heteroatoms. The molecule has 0 saturated heterocycles. The third kappa shape index (κ3) is 13.3. The number of methoxy groups -OCH3 is 1. The van der Waals surface area contributed by atoms with Crippen LogP contribution in [0.4, 0.5) is 0 Å². The predicted octanol–water partition coefficient (Wildman–Crippen LogP) is 5.29. The fourth-order valence-electron chi connectivity index (χ4n) is 3.26. The van der Waals surface area contributed by atoms with Gasteiger partial charge in [0, 0.05) is 17.2 Å². The number of hydrogen-bond acceptors (Lipinski definition) is 9. The summed E-state index contributed by atoms with van der Waals surface area (Å²) in [5.41, 5.74) is 1.45. The number of carbonyl (C=O) groups excluding carboxylic acids is 4. The van der Waals surface area contributed by atoms with Crippen molar-refractivity contribution in [2.45, 2.75) is 32.1 Å². The lowest BCUT2D eigenvalue weighted by Gasteiger charge is -2.08. The zero-order valence-electron chi connectivity index (χ0n) is 23.3. The molecule has 0 aliphatic heterocycles. The highest BCUT2D eigenvalue weighted by atomic mass is 16.5. The van der Waals surface area contributed by atoms with Gasteiger partial charge in [0.05, 0.1) is 40.0 Å². The second-order valence-electron chi connectivity index (χ2n) is 8.77. The van der Waals surface area contributed by atoms with E-state index in [2.05, 4.69) is 17.9 Å². The lowest BCUT2D eigenvalue weighted by molar-refractivity contribution is -0.144. The van der Waals surface area contributed by atoms with Crippen LogP contribution in [0.15, 0.2) is 79.4 Å². The first-order chi connectivity index (χ1) is 19.8. The minimum absolute atomic E-state index is 0.0572. The molecular formula is C32H36O9. The Morgan fingerprint density at radius 2 is 1.29 bits per heavy atom. The lowest BCUT2D eigenvalue weighted by atomic mass is 10.1. The van der Waals surface area contributed by atoms with Gasteiger partial charge >= 0.3 is 17.9 Å². The second-order valence-corrected chi connectivity index (χ2v) is 8.77. The molecule has 0 atom stereocenters. The van der Waals surface area contributed by atoms with Gasteiger partial charge in [-0.25, -0.2) is 9.59 Å². The van der Waals surface area contributed by atoms with Crippen molar-refractivity contribution in [1.29, 1.82) is 0 Å². The lowest BCUT2D eigenvalue weighted by Crippen LogP contribution is -2.13. The molecule has 0 fully saturated rings. The summed E-state index contributed by atoms with van der Waals surface area (Å²) in [6.07, 6.45) is 6.87. The van der Waals surface area contributed by atoms with Gasteiger partial charge in [0.15, 0.2) is 5.78 Å². The molecular weight excluding hydrogens is 528 g/mol. The monoisotopic (exact) mass is 564 g/mol. The molecule has 0 bridgehead atoms. The van der Waals surface area contributed by atoms with E-state index in [1.165, 1.54) is 13.2 Å². The molecule has 0 spiro atoms. The van der Waals surface area contributed by atoms with Gasteiger partial charge < -0.3 is 23.7 Å². The van der Waals surface area contributed by atoms with E-state index in [1.807, 2.05) is 24.3 Å². The summed E-state index contributed by atoms with van der Waals surface area (Å²) in [5, 5.41) is 0. The molecule has 0 aliphatic carbocycles. The Labute approximate surface area is 240 Å². The van der Waals surface area contributed by atoms with Crippen molar-refractivity contribution in [2.75, 3.05) is 33.5 Å². The summed E-state index contributed by atoms with van der Waals surface area (Å²) in [7, 11) is 1.24. The molecule has 0 saturated carbocycles. The first-order valence-electron chi connectivity index (χ1n) is 13.2. The molecule has 0 radical (unpaired) electrons. The van der Waals surface area contributed by atoms with Gasteiger partial charge in [-0.15, -0.1) is 0 Å². The van der Waals surface area contributed by atoms with Crippen LogP contribution < -0.4 is 9.47 Å². The van der Waals surface area contributed by atoms with E-state index in [0.29, 0.717) is 56.1 Å². The van der Waals surface area contributed by atoms with Crippen molar-refractivity contribution < 1.29 is 42.9 Å². The molecule has 0 aliphatic rings. The largest absolute Gasteiger partial charge is 0.494 e. The predicted molar refractivity (Wildman–Crippen MR) is 154 cm³/mol. The van der Waals surface area contributed by atoms with E-state index in [-0.39, 0.29) is 24.4 Å². The number of ketones is 1. The topological polar surface area (TPSA) is 114 Å². The first kappa shape index (κ1) is 32.6. The number of benzene rings is 2. The van der Waals surface area contributed by atoms with Gasteiger partial charge in [-0.3, -0.25) is 9.59 Å². The fourth-order valence-corrected chi connectivity index (χ4v) is 3.26. The van der Waals surface area contributed by atoms with Gasteiger partial charge in [0.2, 0.25) is 0 Å². The Morgan fingerprint density at radius 1 is 0.756 bits per heavy atom. The number of esters is 3. The van der Waals surface area contributed by atoms with E-state index >= 15 is 0 Å². The summed E-state index contributed by atoms with van der Waals surface area (Å²) >= 11 is 0. The van der Waals surface area contributed by atoms with Gasteiger partial charge in [0.25, 0.3) is 0 Å². The first-order valence-corrected chi connectivity index (χ1v) is 13.2. The van der Waals surface area contributed by atoms with Crippen molar-refractivity contribution in [3.63, 3.8) is 0 Å². The van der Waals surface area contributed by atoms with Crippen molar-refractivity contribution >= 4 is 29.8 Å². The van der Waals surface area contributed by atoms with Crippen LogP contribution in [0, 0.1) is 0 Å². The zero-order valence-corrected chi connectivity index (χ0v) is 23.3. The Hall–Kier alpha value is -4.66. The number of hydrogen-bond donors (Lipinski definition) is 0. The van der Waals surface area contributed by atoms with Gasteiger partial charge in [-0.05, 0) is 73.7 Å². The zero-order chi connectivity index (χ0) is 29.9. The molecule has 218 valence electrons. The number of rotatable bonds is 19. The van der Waals surface area contributed by atoms with Crippen molar-refractivity contribution in [2.24, 2.45) is 0 Å². The van der Waals surface area contributed by atoms with Crippen LogP contribution in [0.3, 0.4) is 0 Å². The molecule has 0 N–H and O–H groups in total. The van der Waals surface area contributed by atoms with Crippen LogP contribution in [0.2, 0.25) is 0 Å².